The van der Waals surface area contributed by atoms with Gasteiger partial charge in [-0.2, -0.15) is 5.26 Å². The molecule has 4 saturated carbocycles. The van der Waals surface area contributed by atoms with Crippen LogP contribution in [0.1, 0.15) is 138 Å². The molecule has 0 amide bonds. The number of carbonyl (C=O) groups excluding carboxylic acids is 2. The molecular weight excluding hydrogens is 727 g/mol. The number of benzene rings is 1. The quantitative estimate of drug-likeness (QED) is 0.234. The maximum atomic E-state index is 14.5. The van der Waals surface area contributed by atoms with Gasteiger partial charge in [-0.1, -0.05) is 48.5 Å². The second kappa shape index (κ2) is 14.4. The first-order valence-corrected chi connectivity index (χ1v) is 21.9. The number of likely N-dealkylation sites (N-methyl/N-ethyl adjacent to an activating group) is 1. The molecule has 1 aromatic carbocycles. The fourth-order valence-corrected chi connectivity index (χ4v) is 13.8. The van der Waals surface area contributed by atoms with Gasteiger partial charge in [0.2, 0.25) is 0 Å². The molecule has 5 aliphatic rings. The summed E-state index contributed by atoms with van der Waals surface area (Å²) < 4.78 is 8.50. The van der Waals surface area contributed by atoms with Gasteiger partial charge in [0.15, 0.2) is 11.6 Å². The summed E-state index contributed by atoms with van der Waals surface area (Å²) in [6.07, 6.45) is 7.87. The number of carboxylic acid groups (broad SMARTS) is 1. The van der Waals surface area contributed by atoms with Gasteiger partial charge in [-0.3, -0.25) is 14.4 Å². The molecule has 10 heteroatoms. The topological polar surface area (TPSA) is 138 Å². The lowest BCUT2D eigenvalue weighted by Gasteiger charge is -2.72. The molecule has 10 nitrogen and oxygen atoms in total. The summed E-state index contributed by atoms with van der Waals surface area (Å²) in [5.74, 6) is 1.72. The number of carbonyl (C=O) groups is 3. The molecule has 0 aliphatic heterocycles. The van der Waals surface area contributed by atoms with E-state index in [2.05, 4.69) is 78.1 Å². The average Bonchev–Trinajstić information content (AvgIpc) is 3.71. The Balaban J connectivity index is 1.25. The van der Waals surface area contributed by atoms with Crippen molar-refractivity contribution >= 4 is 17.7 Å². The van der Waals surface area contributed by atoms with Gasteiger partial charge in [-0.05, 0) is 155 Å². The largest absolute Gasteiger partial charge is 0.481 e. The van der Waals surface area contributed by atoms with E-state index in [1.807, 2.05) is 24.3 Å². The summed E-state index contributed by atoms with van der Waals surface area (Å²) in [5, 5.41) is 29.1. The van der Waals surface area contributed by atoms with Crippen molar-refractivity contribution < 1.29 is 24.2 Å². The Labute approximate surface area is 346 Å². The second-order valence-electron chi connectivity index (χ2n) is 21.5. The van der Waals surface area contributed by atoms with Gasteiger partial charge in [0.05, 0.1) is 28.9 Å². The van der Waals surface area contributed by atoms with E-state index in [0.717, 1.165) is 80.7 Å². The third-order valence-corrected chi connectivity index (χ3v) is 17.0. The molecule has 0 saturated heterocycles. The van der Waals surface area contributed by atoms with E-state index < -0.39 is 22.8 Å². The SMILES string of the molecule is CC(C)C1=C2[C@H]3CCC4[C@@]5(C)CC[C@H](OC(=O)CC(C)(C)C(=O)O)C(C)(C)C5CC[C@@]4(C)[C@]3(C)CC[C@@]2(c2nnc(-c3ccc(C#N)cc3)n2CCN(C)C)CC1=O. The first-order chi connectivity index (χ1) is 27.1. The van der Waals surface area contributed by atoms with E-state index in [4.69, 9.17) is 14.9 Å². The fourth-order valence-electron chi connectivity index (χ4n) is 13.8. The fraction of sp³-hybridized carbons (Fsp3) is 0.708. The highest BCUT2D eigenvalue weighted by atomic mass is 16.5. The Morgan fingerprint density at radius 1 is 0.966 bits per heavy atom. The van der Waals surface area contributed by atoms with Crippen molar-refractivity contribution in [1.82, 2.24) is 19.7 Å². The van der Waals surface area contributed by atoms with Crippen LogP contribution in [0.4, 0.5) is 0 Å². The Kier molecular flexibility index (Phi) is 10.5. The Morgan fingerprint density at radius 2 is 1.66 bits per heavy atom. The minimum Gasteiger partial charge on any atom is -0.481 e. The summed E-state index contributed by atoms with van der Waals surface area (Å²) >= 11 is 0. The zero-order chi connectivity index (χ0) is 42.4. The highest BCUT2D eigenvalue weighted by molar-refractivity contribution is 6.01. The van der Waals surface area contributed by atoms with Crippen molar-refractivity contribution in [2.75, 3.05) is 20.6 Å². The van der Waals surface area contributed by atoms with Crippen molar-refractivity contribution in [3.8, 4) is 17.5 Å². The number of rotatable bonds is 10. The van der Waals surface area contributed by atoms with E-state index in [-0.39, 0.29) is 51.8 Å². The van der Waals surface area contributed by atoms with Crippen molar-refractivity contribution in [2.45, 2.75) is 145 Å². The third kappa shape index (κ3) is 6.30. The van der Waals surface area contributed by atoms with E-state index in [0.29, 0.717) is 30.4 Å². The number of nitriles is 1. The van der Waals surface area contributed by atoms with Crippen LogP contribution in [-0.2, 0) is 31.1 Å². The van der Waals surface area contributed by atoms with Gasteiger partial charge in [-0.15, -0.1) is 10.2 Å². The molecule has 5 aliphatic carbocycles. The maximum Gasteiger partial charge on any atom is 0.309 e. The number of fused-ring (bicyclic) bond motifs is 7. The van der Waals surface area contributed by atoms with Gasteiger partial charge in [0.25, 0.3) is 0 Å². The number of ketones is 1. The average molecular weight is 794 g/mol. The van der Waals surface area contributed by atoms with Gasteiger partial charge >= 0.3 is 11.9 Å². The molecule has 2 aromatic rings. The molecule has 4 fully saturated rings. The lowest BCUT2D eigenvalue weighted by molar-refractivity contribution is -0.232. The number of carboxylic acids is 1. The van der Waals surface area contributed by atoms with Gasteiger partial charge < -0.3 is 19.3 Å². The summed E-state index contributed by atoms with van der Waals surface area (Å²) in [6, 6.07) is 9.83. The summed E-state index contributed by atoms with van der Waals surface area (Å²) in [6.45, 7) is 21.3. The van der Waals surface area contributed by atoms with Crippen LogP contribution in [0, 0.1) is 62.1 Å². The number of hydrogen-bond donors (Lipinski definition) is 1. The zero-order valence-electron chi connectivity index (χ0n) is 37.0. The molecule has 0 bridgehead atoms. The predicted molar refractivity (Wildman–Crippen MR) is 223 cm³/mol. The highest BCUT2D eigenvalue weighted by Crippen LogP contribution is 2.76. The van der Waals surface area contributed by atoms with Crippen LogP contribution in [0.25, 0.3) is 11.4 Å². The first-order valence-electron chi connectivity index (χ1n) is 21.9. The second-order valence-corrected chi connectivity index (χ2v) is 21.5. The molecule has 1 aromatic heterocycles. The molecule has 58 heavy (non-hydrogen) atoms. The van der Waals surface area contributed by atoms with Crippen molar-refractivity contribution in [2.24, 2.45) is 50.7 Å². The molecule has 0 radical (unpaired) electrons. The smallest absolute Gasteiger partial charge is 0.309 e. The monoisotopic (exact) mass is 794 g/mol. The van der Waals surface area contributed by atoms with Crippen LogP contribution in [-0.4, -0.2) is 69.2 Å². The molecular formula is C48H67N5O5. The summed E-state index contributed by atoms with van der Waals surface area (Å²) in [4.78, 5) is 41.7. The Bertz CT molecular complexity index is 2060. The standard InChI is InChI=1S/C48H67N5O5/c1-29(2)38-33(54)26-48(41-51-50-40(53(41)25-24-52(10)11)31-14-12-30(28-49)13-15-31)23-22-46(8)32(39(38)48)16-17-35-45(7)20-19-36(58-37(55)27-43(3,4)42(56)57)44(5,6)34(45)18-21-47(35,46)9/h12-15,29,32,34-36H,16-27H2,1-11H3,(H,56,57)/t32-,34?,35?,36+,45+,46-,47-,48-/m1/s1. The maximum absolute atomic E-state index is 14.5. The number of nitrogens with zero attached hydrogens (tertiary/aromatic N) is 5. The molecule has 7 rings (SSSR count). The number of ether oxygens (including phenoxy) is 1. The Morgan fingerprint density at radius 3 is 2.28 bits per heavy atom. The highest BCUT2D eigenvalue weighted by Gasteiger charge is 2.71. The minimum absolute atomic E-state index is 0.0331. The molecule has 1 N–H and O–H groups in total. The van der Waals surface area contributed by atoms with E-state index in [1.54, 1.807) is 13.8 Å². The van der Waals surface area contributed by atoms with Crippen LogP contribution in [0.5, 0.6) is 0 Å². The summed E-state index contributed by atoms with van der Waals surface area (Å²) in [5.41, 5.74) is 1.98. The molecule has 2 unspecified atom stereocenters. The van der Waals surface area contributed by atoms with Gasteiger partial charge in [-0.25, -0.2) is 0 Å². The number of aromatic nitrogens is 3. The van der Waals surface area contributed by atoms with E-state index in [1.165, 1.54) is 5.57 Å². The van der Waals surface area contributed by atoms with Crippen molar-refractivity contribution in [1.29, 1.82) is 5.26 Å². The zero-order valence-corrected chi connectivity index (χ0v) is 37.0. The number of hydrogen-bond acceptors (Lipinski definition) is 8. The van der Waals surface area contributed by atoms with Gasteiger partial charge in [0.1, 0.15) is 11.9 Å². The van der Waals surface area contributed by atoms with Crippen molar-refractivity contribution in [3.63, 3.8) is 0 Å². The number of esters is 1. The molecule has 314 valence electrons. The van der Waals surface area contributed by atoms with Crippen LogP contribution in [0.3, 0.4) is 0 Å². The normalized spacial score (nSPS) is 34.2. The number of allylic oxidation sites excluding steroid dienone is 2. The van der Waals surface area contributed by atoms with Crippen LogP contribution < -0.4 is 0 Å². The van der Waals surface area contributed by atoms with Crippen molar-refractivity contribution in [3.05, 3.63) is 46.8 Å². The van der Waals surface area contributed by atoms with Gasteiger partial charge in [0, 0.05) is 30.5 Å². The van der Waals surface area contributed by atoms with Crippen LogP contribution >= 0.6 is 0 Å². The molecule has 1 heterocycles. The number of Topliss-reactive ketones (excluding diaryl/α,β-unsaturated/α-hetero) is 1. The van der Waals surface area contributed by atoms with Crippen LogP contribution in [0.2, 0.25) is 0 Å². The van der Waals surface area contributed by atoms with Crippen LogP contribution in [0.15, 0.2) is 35.4 Å². The lowest BCUT2D eigenvalue weighted by atomic mass is 9.33. The predicted octanol–water partition coefficient (Wildman–Crippen LogP) is 9.02. The Hall–Kier alpha value is -3.84. The van der Waals surface area contributed by atoms with E-state index >= 15 is 0 Å². The molecule has 8 atom stereocenters. The lowest BCUT2D eigenvalue weighted by Crippen LogP contribution is -2.66. The number of aliphatic carboxylic acids is 1. The minimum atomic E-state index is -1.17. The van der Waals surface area contributed by atoms with E-state index in [9.17, 15) is 24.8 Å². The first kappa shape index (κ1) is 42.3. The molecule has 0 spiro atoms. The third-order valence-electron chi connectivity index (χ3n) is 17.0. The summed E-state index contributed by atoms with van der Waals surface area (Å²) in [7, 11) is 4.16.